The average molecular weight is 332 g/mol. The van der Waals surface area contributed by atoms with Crippen LogP contribution >= 0.6 is 23.2 Å². The minimum absolute atomic E-state index is 0.0617. The van der Waals surface area contributed by atoms with Crippen LogP contribution in [-0.4, -0.2) is 51.9 Å². The van der Waals surface area contributed by atoms with E-state index in [1.165, 1.54) is 17.2 Å². The standard InChI is InChI=1S/C12H11Cl2N3O4/c13-7-3-6(5-16-10(7)14)12(21)17-2-1-15-11(20)8(17)4-9(18)19/h3,5,8H,1-2,4H2,(H,15,20)(H,18,19). The molecule has 2 amide bonds. The van der Waals surface area contributed by atoms with Crippen molar-refractivity contribution in [1.82, 2.24) is 15.2 Å². The second kappa shape index (κ2) is 6.28. The number of aromatic nitrogens is 1. The van der Waals surface area contributed by atoms with Crippen LogP contribution in [0.1, 0.15) is 16.8 Å². The lowest BCUT2D eigenvalue weighted by Crippen LogP contribution is -2.57. The molecular formula is C12H11Cl2N3O4. The molecule has 0 aliphatic carbocycles. The first-order chi connectivity index (χ1) is 9.90. The summed E-state index contributed by atoms with van der Waals surface area (Å²) in [5.41, 5.74) is 0.148. The van der Waals surface area contributed by atoms with E-state index >= 15 is 0 Å². The molecule has 2 heterocycles. The number of nitrogens with zero attached hydrogens (tertiary/aromatic N) is 2. The number of carbonyl (C=O) groups is 3. The summed E-state index contributed by atoms with van der Waals surface area (Å²) in [5, 5.41) is 11.6. The first-order valence-corrected chi connectivity index (χ1v) is 6.77. The largest absolute Gasteiger partial charge is 0.481 e. The van der Waals surface area contributed by atoms with E-state index in [2.05, 4.69) is 10.3 Å². The number of amides is 2. The predicted octanol–water partition coefficient (Wildman–Crippen LogP) is 0.804. The molecule has 1 aliphatic rings. The molecule has 7 nitrogen and oxygen atoms in total. The minimum atomic E-state index is -1.16. The topological polar surface area (TPSA) is 99.6 Å². The second-order valence-corrected chi connectivity index (χ2v) is 5.17. The molecule has 0 bridgehead atoms. The molecule has 1 atom stereocenters. The Morgan fingerprint density at radius 1 is 1.48 bits per heavy atom. The summed E-state index contributed by atoms with van der Waals surface area (Å²) in [6.07, 6.45) is 0.771. The average Bonchev–Trinajstić information content (AvgIpc) is 2.43. The van der Waals surface area contributed by atoms with Gasteiger partial charge in [0.2, 0.25) is 5.91 Å². The normalized spacial score (nSPS) is 18.3. The number of nitrogens with one attached hydrogen (secondary N) is 1. The zero-order valence-electron chi connectivity index (χ0n) is 10.7. The van der Waals surface area contributed by atoms with Gasteiger partial charge in [-0.2, -0.15) is 0 Å². The molecule has 1 fully saturated rings. The molecule has 1 aromatic rings. The van der Waals surface area contributed by atoms with Crippen molar-refractivity contribution >= 4 is 41.0 Å². The van der Waals surface area contributed by atoms with Gasteiger partial charge in [-0.15, -0.1) is 0 Å². The Morgan fingerprint density at radius 3 is 2.81 bits per heavy atom. The van der Waals surface area contributed by atoms with Gasteiger partial charge in [0.05, 0.1) is 17.0 Å². The van der Waals surface area contributed by atoms with Gasteiger partial charge in [0.1, 0.15) is 11.2 Å². The van der Waals surface area contributed by atoms with Gasteiger partial charge in [0.15, 0.2) is 0 Å². The number of carbonyl (C=O) groups excluding carboxylic acids is 2. The number of halogens is 2. The Labute approximate surface area is 129 Å². The van der Waals surface area contributed by atoms with Gasteiger partial charge >= 0.3 is 5.97 Å². The zero-order valence-corrected chi connectivity index (χ0v) is 12.2. The molecule has 112 valence electrons. The summed E-state index contributed by atoms with van der Waals surface area (Å²) in [6.45, 7) is 0.470. The third-order valence-electron chi connectivity index (χ3n) is 3.00. The summed E-state index contributed by atoms with van der Waals surface area (Å²) >= 11 is 11.5. The number of hydrogen-bond acceptors (Lipinski definition) is 4. The molecule has 21 heavy (non-hydrogen) atoms. The minimum Gasteiger partial charge on any atom is -0.481 e. The van der Waals surface area contributed by atoms with Crippen molar-refractivity contribution in [3.8, 4) is 0 Å². The summed E-state index contributed by atoms with van der Waals surface area (Å²) < 4.78 is 0. The van der Waals surface area contributed by atoms with Crippen molar-refractivity contribution in [2.45, 2.75) is 12.5 Å². The van der Waals surface area contributed by atoms with Crippen LogP contribution in [-0.2, 0) is 9.59 Å². The molecular weight excluding hydrogens is 321 g/mol. The highest BCUT2D eigenvalue weighted by atomic mass is 35.5. The van der Waals surface area contributed by atoms with Gasteiger partial charge in [-0.25, -0.2) is 4.98 Å². The van der Waals surface area contributed by atoms with Crippen molar-refractivity contribution in [1.29, 1.82) is 0 Å². The highest BCUT2D eigenvalue weighted by molar-refractivity contribution is 6.41. The van der Waals surface area contributed by atoms with Crippen molar-refractivity contribution in [3.05, 3.63) is 28.0 Å². The van der Waals surface area contributed by atoms with Crippen molar-refractivity contribution in [2.75, 3.05) is 13.1 Å². The smallest absolute Gasteiger partial charge is 0.305 e. The van der Waals surface area contributed by atoms with E-state index < -0.39 is 30.2 Å². The fraction of sp³-hybridized carbons (Fsp3) is 0.333. The number of rotatable bonds is 3. The van der Waals surface area contributed by atoms with Gasteiger partial charge in [0, 0.05) is 19.3 Å². The molecule has 0 aromatic carbocycles. The molecule has 2 N–H and O–H groups in total. The molecule has 1 aliphatic heterocycles. The number of carboxylic acids is 1. The lowest BCUT2D eigenvalue weighted by atomic mass is 10.1. The lowest BCUT2D eigenvalue weighted by Gasteiger charge is -2.34. The first-order valence-electron chi connectivity index (χ1n) is 6.01. The number of piperazine rings is 1. The first kappa shape index (κ1) is 15.5. The van der Waals surface area contributed by atoms with Gasteiger partial charge in [-0.05, 0) is 6.07 Å². The molecule has 2 rings (SSSR count). The van der Waals surface area contributed by atoms with E-state index in [0.29, 0.717) is 0 Å². The SMILES string of the molecule is O=C(O)CC1C(=O)NCCN1C(=O)c1cnc(Cl)c(Cl)c1. The molecule has 9 heteroatoms. The number of aliphatic carboxylic acids is 1. The van der Waals surface area contributed by atoms with Crippen LogP contribution < -0.4 is 5.32 Å². The highest BCUT2D eigenvalue weighted by Crippen LogP contribution is 2.21. The van der Waals surface area contributed by atoms with Crippen molar-refractivity contribution in [2.24, 2.45) is 0 Å². The van der Waals surface area contributed by atoms with Crippen LogP contribution in [0.5, 0.6) is 0 Å². The van der Waals surface area contributed by atoms with Gasteiger partial charge in [0.25, 0.3) is 5.91 Å². The van der Waals surface area contributed by atoms with Crippen LogP contribution in [0.3, 0.4) is 0 Å². The highest BCUT2D eigenvalue weighted by Gasteiger charge is 2.35. The van der Waals surface area contributed by atoms with E-state index in [1.807, 2.05) is 0 Å². The van der Waals surface area contributed by atoms with Gasteiger partial charge in [-0.3, -0.25) is 14.4 Å². The molecule has 0 radical (unpaired) electrons. The van der Waals surface area contributed by atoms with E-state index in [1.54, 1.807) is 0 Å². The molecule has 0 saturated carbocycles. The Bertz CT molecular complexity index is 608. The van der Waals surface area contributed by atoms with E-state index in [4.69, 9.17) is 28.3 Å². The van der Waals surface area contributed by atoms with E-state index in [-0.39, 0.29) is 28.8 Å². The number of carboxylic acid groups (broad SMARTS) is 1. The Hall–Kier alpha value is -1.86. The maximum absolute atomic E-state index is 12.4. The third kappa shape index (κ3) is 3.43. The van der Waals surface area contributed by atoms with Crippen LogP contribution in [0, 0.1) is 0 Å². The van der Waals surface area contributed by atoms with Crippen LogP contribution in [0.25, 0.3) is 0 Å². The third-order valence-corrected chi connectivity index (χ3v) is 3.69. The van der Waals surface area contributed by atoms with Crippen LogP contribution in [0.15, 0.2) is 12.3 Å². The molecule has 1 aromatic heterocycles. The second-order valence-electron chi connectivity index (χ2n) is 4.40. The number of pyridine rings is 1. The van der Waals surface area contributed by atoms with Crippen LogP contribution in [0.2, 0.25) is 10.2 Å². The number of hydrogen-bond donors (Lipinski definition) is 2. The molecule has 1 unspecified atom stereocenters. The fourth-order valence-electron chi connectivity index (χ4n) is 2.03. The Balaban J connectivity index is 2.27. The summed E-state index contributed by atoms with van der Waals surface area (Å²) in [6, 6.07) is 0.280. The Morgan fingerprint density at radius 2 is 2.19 bits per heavy atom. The van der Waals surface area contributed by atoms with Gasteiger partial charge in [-0.1, -0.05) is 23.2 Å². The quantitative estimate of drug-likeness (QED) is 0.798. The maximum Gasteiger partial charge on any atom is 0.305 e. The van der Waals surface area contributed by atoms with Crippen LogP contribution in [0.4, 0.5) is 0 Å². The van der Waals surface area contributed by atoms with Crippen molar-refractivity contribution in [3.63, 3.8) is 0 Å². The summed E-state index contributed by atoms with van der Waals surface area (Å²) in [4.78, 5) is 40.0. The van der Waals surface area contributed by atoms with E-state index in [9.17, 15) is 14.4 Å². The Kier molecular flexibility index (Phi) is 4.64. The molecule has 0 spiro atoms. The van der Waals surface area contributed by atoms with E-state index in [0.717, 1.165) is 0 Å². The zero-order chi connectivity index (χ0) is 15.6. The van der Waals surface area contributed by atoms with Crippen molar-refractivity contribution < 1.29 is 19.5 Å². The summed E-state index contributed by atoms with van der Waals surface area (Å²) in [5.74, 6) is -2.17. The fourth-order valence-corrected chi connectivity index (χ4v) is 2.30. The lowest BCUT2D eigenvalue weighted by molar-refractivity contribution is -0.142. The van der Waals surface area contributed by atoms with Gasteiger partial charge < -0.3 is 15.3 Å². The molecule has 1 saturated heterocycles. The predicted molar refractivity (Wildman–Crippen MR) is 74.3 cm³/mol. The monoisotopic (exact) mass is 331 g/mol. The summed E-state index contributed by atoms with van der Waals surface area (Å²) in [7, 11) is 0. The maximum atomic E-state index is 12.4.